The molecular formula is C44H36Cl2F2N10O5. The Bertz CT molecular complexity index is 3110. The van der Waals surface area contributed by atoms with Crippen molar-refractivity contribution in [1.29, 1.82) is 0 Å². The van der Waals surface area contributed by atoms with E-state index in [-0.39, 0.29) is 46.0 Å². The molecule has 0 radical (unpaired) electrons. The molecule has 63 heavy (non-hydrogen) atoms. The van der Waals surface area contributed by atoms with Crippen LogP contribution in [-0.4, -0.2) is 46.1 Å². The van der Waals surface area contributed by atoms with Gasteiger partial charge in [0, 0.05) is 53.6 Å². The Kier molecular flexibility index (Phi) is 13.8. The molecule has 0 saturated heterocycles. The maximum absolute atomic E-state index is 13.5. The molecule has 0 unspecified atom stereocenters. The Hall–Kier alpha value is -7.60. The third-order valence-electron chi connectivity index (χ3n) is 9.35. The van der Waals surface area contributed by atoms with Crippen molar-refractivity contribution in [2.75, 3.05) is 11.5 Å². The molecule has 0 aliphatic heterocycles. The van der Waals surface area contributed by atoms with Gasteiger partial charge >= 0.3 is 5.97 Å². The predicted octanol–water partition coefficient (Wildman–Crippen LogP) is 7.21. The van der Waals surface area contributed by atoms with E-state index in [1.165, 1.54) is 70.3 Å². The monoisotopic (exact) mass is 892 g/mol. The van der Waals surface area contributed by atoms with Crippen molar-refractivity contribution in [3.8, 4) is 11.4 Å². The summed E-state index contributed by atoms with van der Waals surface area (Å²) < 4.78 is 29.5. The Morgan fingerprint density at radius 3 is 1.48 bits per heavy atom. The van der Waals surface area contributed by atoms with Crippen LogP contribution in [0.3, 0.4) is 0 Å². The lowest BCUT2D eigenvalue weighted by molar-refractivity contribution is 0.0691. The number of carbonyl (C=O) groups excluding carboxylic acids is 1. The van der Waals surface area contributed by atoms with E-state index >= 15 is 0 Å². The number of nitrogens with one attached hydrogen (secondary N) is 1. The van der Waals surface area contributed by atoms with Gasteiger partial charge in [0.05, 0.1) is 26.9 Å². The Labute approximate surface area is 366 Å². The lowest BCUT2D eigenvalue weighted by atomic mass is 10.1. The van der Waals surface area contributed by atoms with Gasteiger partial charge in [0.25, 0.3) is 17.0 Å². The maximum atomic E-state index is 13.5. The van der Waals surface area contributed by atoms with Crippen molar-refractivity contribution in [3.63, 3.8) is 0 Å². The molecule has 4 aromatic heterocycles. The second-order valence-electron chi connectivity index (χ2n) is 13.6. The van der Waals surface area contributed by atoms with Gasteiger partial charge in [0.2, 0.25) is 0 Å². The first-order valence-corrected chi connectivity index (χ1v) is 19.5. The zero-order valence-corrected chi connectivity index (χ0v) is 34.7. The van der Waals surface area contributed by atoms with Gasteiger partial charge < -0.3 is 27.6 Å². The van der Waals surface area contributed by atoms with Crippen molar-refractivity contribution < 1.29 is 23.5 Å². The number of aromatic carboxylic acids is 1. The number of fused-ring (bicyclic) bond motifs is 2. The first-order chi connectivity index (χ1) is 30.1. The normalized spacial score (nSPS) is 11.7. The zero-order chi connectivity index (χ0) is 45.5. The van der Waals surface area contributed by atoms with Gasteiger partial charge in [-0.1, -0.05) is 47.5 Å². The molecule has 1 amide bonds. The van der Waals surface area contributed by atoms with E-state index in [9.17, 15) is 28.0 Å². The van der Waals surface area contributed by atoms with E-state index in [0.717, 1.165) is 5.39 Å². The van der Waals surface area contributed by atoms with Crippen molar-refractivity contribution in [2.45, 2.75) is 25.9 Å². The highest BCUT2D eigenvalue weighted by molar-refractivity contribution is 6.35. The molecule has 0 aliphatic rings. The van der Waals surface area contributed by atoms with Crippen LogP contribution in [0.4, 0.5) is 20.4 Å². The molecule has 0 aliphatic carbocycles. The van der Waals surface area contributed by atoms with Gasteiger partial charge in [-0.3, -0.25) is 23.5 Å². The molecular weight excluding hydrogens is 857 g/mol. The van der Waals surface area contributed by atoms with Gasteiger partial charge in [-0.15, -0.1) is 0 Å². The molecule has 4 aromatic carbocycles. The number of nitrogens with zero attached hydrogens (tertiary/aromatic N) is 6. The fourth-order valence-corrected chi connectivity index (χ4v) is 6.95. The summed E-state index contributed by atoms with van der Waals surface area (Å²) in [5, 5.41) is 14.0. The lowest BCUT2D eigenvalue weighted by Crippen LogP contribution is -2.33. The number of carboxylic acid groups (broad SMARTS) is 1. The highest BCUT2D eigenvalue weighted by atomic mass is 35.5. The van der Waals surface area contributed by atoms with Crippen LogP contribution < -0.4 is 33.6 Å². The SMILES string of the molecule is C[C@H](N)c1cc2cccc(Cl)c2c(=O)n1-c1ccc(F)cc1.C[C@H](NC(=O)c1nccnc1N)c1cc2cccc(Cl)c2c(=O)n1-c1ccc(F)cc1.Nc1nccnc1C(=O)O. The summed E-state index contributed by atoms with van der Waals surface area (Å²) in [7, 11) is 0. The van der Waals surface area contributed by atoms with Crippen LogP contribution >= 0.6 is 23.2 Å². The second-order valence-corrected chi connectivity index (χ2v) is 14.5. The lowest BCUT2D eigenvalue weighted by Gasteiger charge is -2.21. The molecule has 4 heterocycles. The number of nitrogens with two attached hydrogens (primary N) is 3. The average Bonchev–Trinajstić information content (AvgIpc) is 3.25. The topological polar surface area (TPSA) is 240 Å². The van der Waals surface area contributed by atoms with Crippen LogP contribution in [-0.2, 0) is 0 Å². The molecule has 0 saturated carbocycles. The summed E-state index contributed by atoms with van der Waals surface area (Å²) in [4.78, 5) is 64.1. The molecule has 2 atom stereocenters. The number of amides is 1. The largest absolute Gasteiger partial charge is 0.476 e. The van der Waals surface area contributed by atoms with E-state index in [4.69, 9.17) is 45.5 Å². The summed E-state index contributed by atoms with van der Waals surface area (Å²) in [5.41, 5.74) is 18.2. The van der Waals surface area contributed by atoms with Crippen LogP contribution in [0.25, 0.3) is 32.9 Å². The first-order valence-electron chi connectivity index (χ1n) is 18.7. The highest BCUT2D eigenvalue weighted by Gasteiger charge is 2.22. The standard InChI is InChI=1S/C22H17ClFN5O2.C17H14ClFN2O.C5H5N3O2/c1-12(28-21(30)19-20(25)27-10-9-26-19)17-11-13-3-2-4-16(23)18(13)22(31)29(17)15-7-5-14(24)6-8-15;1-10(20)15-9-11-3-2-4-14(18)16(11)17(22)21(15)13-7-5-12(19)6-8-13;6-4-3(5(9)10)7-1-2-8-4/h2-12H,1H3,(H2,25,27)(H,28,30);2-10H,20H2,1H3;1-2H,(H2,6,8)(H,9,10)/t12-;10-;/m00./s1. The van der Waals surface area contributed by atoms with E-state index in [0.29, 0.717) is 49.0 Å². The summed E-state index contributed by atoms with van der Waals surface area (Å²) >= 11 is 12.5. The number of hydrogen-bond acceptors (Lipinski definition) is 11. The van der Waals surface area contributed by atoms with Gasteiger partial charge in [-0.05, 0) is 97.4 Å². The van der Waals surface area contributed by atoms with E-state index in [2.05, 4.69) is 25.3 Å². The van der Waals surface area contributed by atoms with Gasteiger partial charge in [0.1, 0.15) is 11.6 Å². The summed E-state index contributed by atoms with van der Waals surface area (Å²) in [6.45, 7) is 3.51. The van der Waals surface area contributed by atoms with Crippen LogP contribution in [0.15, 0.2) is 131 Å². The van der Waals surface area contributed by atoms with E-state index in [1.807, 2.05) is 12.1 Å². The van der Waals surface area contributed by atoms with Crippen molar-refractivity contribution in [1.82, 2.24) is 34.4 Å². The average molecular weight is 894 g/mol. The number of pyridine rings is 2. The zero-order valence-electron chi connectivity index (χ0n) is 33.2. The molecule has 8 rings (SSSR count). The van der Waals surface area contributed by atoms with Crippen LogP contribution in [0.2, 0.25) is 10.0 Å². The Morgan fingerprint density at radius 2 is 1.06 bits per heavy atom. The highest BCUT2D eigenvalue weighted by Crippen LogP contribution is 2.27. The third-order valence-corrected chi connectivity index (χ3v) is 9.98. The Balaban J connectivity index is 0.000000178. The van der Waals surface area contributed by atoms with Crippen LogP contribution in [0, 0.1) is 11.6 Å². The maximum Gasteiger partial charge on any atom is 0.358 e. The molecule has 320 valence electrons. The summed E-state index contributed by atoms with van der Waals surface area (Å²) in [6, 6.07) is 24.2. The van der Waals surface area contributed by atoms with Gasteiger partial charge in [-0.25, -0.2) is 33.5 Å². The fraction of sp³-hybridized carbons (Fsp3) is 0.0909. The molecule has 0 spiro atoms. The minimum atomic E-state index is -1.16. The number of nitrogen functional groups attached to an aromatic ring is 2. The fourth-order valence-electron chi connectivity index (χ4n) is 6.42. The van der Waals surface area contributed by atoms with Crippen molar-refractivity contribution >= 4 is 68.3 Å². The van der Waals surface area contributed by atoms with E-state index < -0.39 is 23.7 Å². The number of rotatable bonds is 7. The van der Waals surface area contributed by atoms with Crippen molar-refractivity contribution in [3.05, 3.63) is 187 Å². The van der Waals surface area contributed by atoms with E-state index in [1.54, 1.807) is 62.4 Å². The summed E-state index contributed by atoms with van der Waals surface area (Å²) in [6.07, 6.45) is 5.36. The minimum Gasteiger partial charge on any atom is -0.476 e. The molecule has 0 fully saturated rings. The number of hydrogen-bond donors (Lipinski definition) is 5. The second kappa shape index (κ2) is 19.4. The molecule has 19 heteroatoms. The predicted molar refractivity (Wildman–Crippen MR) is 237 cm³/mol. The van der Waals surface area contributed by atoms with Gasteiger partial charge in [-0.2, -0.15) is 0 Å². The summed E-state index contributed by atoms with van der Waals surface area (Å²) in [5.74, 6) is -2.56. The molecule has 15 nitrogen and oxygen atoms in total. The molecule has 8 N–H and O–H groups in total. The number of carbonyl (C=O) groups is 2. The number of anilines is 2. The third kappa shape index (κ3) is 9.97. The van der Waals surface area contributed by atoms with Crippen molar-refractivity contribution in [2.24, 2.45) is 5.73 Å². The quantitative estimate of drug-likeness (QED) is 0.107. The molecule has 8 aromatic rings. The number of carboxylic acids is 1. The number of aromatic nitrogens is 6. The molecule has 0 bridgehead atoms. The Morgan fingerprint density at radius 1 is 0.651 bits per heavy atom. The van der Waals surface area contributed by atoms with Crippen LogP contribution in [0.5, 0.6) is 0 Å². The number of benzene rings is 4. The van der Waals surface area contributed by atoms with Crippen LogP contribution in [0.1, 0.15) is 58.3 Å². The first kappa shape index (κ1) is 44.9. The minimum absolute atomic E-state index is 0.00609. The van der Waals surface area contributed by atoms with Gasteiger partial charge in [0.15, 0.2) is 23.0 Å². The number of halogens is 4. The smallest absolute Gasteiger partial charge is 0.358 e.